The van der Waals surface area contributed by atoms with E-state index >= 15 is 0 Å². The topological polar surface area (TPSA) is 84.2 Å². The van der Waals surface area contributed by atoms with Crippen molar-refractivity contribution in [3.05, 3.63) is 0 Å². The van der Waals surface area contributed by atoms with Crippen LogP contribution in [-0.2, 0) is 9.59 Å². The molecule has 4 N–H and O–H groups in total. The molecule has 0 aliphatic rings. The molecule has 0 aromatic carbocycles. The third-order valence-electron chi connectivity index (χ3n) is 1.45. The van der Waals surface area contributed by atoms with Crippen LogP contribution in [0, 0.1) is 12.3 Å². The molecule has 0 unspecified atom stereocenters. The van der Waals surface area contributed by atoms with E-state index in [1.54, 1.807) is 0 Å². The zero-order chi connectivity index (χ0) is 10.8. The van der Waals surface area contributed by atoms with Crippen molar-refractivity contribution >= 4 is 11.8 Å². The van der Waals surface area contributed by atoms with E-state index in [0.717, 1.165) is 6.42 Å². The number of carbonyl (C=O) groups is 2. The number of terminal acetylenes is 1. The van der Waals surface area contributed by atoms with E-state index in [4.69, 9.17) is 12.2 Å². The summed E-state index contributed by atoms with van der Waals surface area (Å²) in [6, 6.07) is 0. The lowest BCUT2D eigenvalue weighted by molar-refractivity contribution is -0.125. The summed E-state index contributed by atoms with van der Waals surface area (Å²) < 4.78 is 0. The lowest BCUT2D eigenvalue weighted by Crippen LogP contribution is -2.39. The van der Waals surface area contributed by atoms with Crippen LogP contribution in [0.2, 0.25) is 0 Å². The van der Waals surface area contributed by atoms with Crippen molar-refractivity contribution in [1.29, 1.82) is 0 Å². The molecule has 5 nitrogen and oxygen atoms in total. The van der Waals surface area contributed by atoms with Crippen LogP contribution in [0.5, 0.6) is 0 Å². The number of hydrogen-bond donors (Lipinski definition) is 3. The number of nitrogens with two attached hydrogens (primary N) is 1. The van der Waals surface area contributed by atoms with Crippen molar-refractivity contribution in [1.82, 2.24) is 10.6 Å². The van der Waals surface area contributed by atoms with Gasteiger partial charge in [0, 0.05) is 13.0 Å². The summed E-state index contributed by atoms with van der Waals surface area (Å²) in [7, 11) is 0. The smallest absolute Gasteiger partial charge is 0.239 e. The molecule has 2 amide bonds. The van der Waals surface area contributed by atoms with E-state index in [2.05, 4.69) is 16.6 Å². The number of hydrogen-bond acceptors (Lipinski definition) is 3. The molecular weight excluding hydrogens is 182 g/mol. The number of carbonyl (C=O) groups excluding carboxylic acids is 2. The van der Waals surface area contributed by atoms with Gasteiger partial charge in [-0.1, -0.05) is 0 Å². The van der Waals surface area contributed by atoms with Gasteiger partial charge in [0.15, 0.2) is 0 Å². The molecule has 5 heteroatoms. The maximum atomic E-state index is 11.0. The Kier molecular flexibility index (Phi) is 7.19. The van der Waals surface area contributed by atoms with Crippen LogP contribution in [-0.4, -0.2) is 31.4 Å². The molecule has 0 saturated carbocycles. The minimum atomic E-state index is -0.344. The molecule has 14 heavy (non-hydrogen) atoms. The highest BCUT2D eigenvalue weighted by Crippen LogP contribution is 1.82. The van der Waals surface area contributed by atoms with Gasteiger partial charge in [0.05, 0.1) is 13.1 Å². The standard InChI is InChI=1S/C9H15N3O2/c1-2-3-4-5-11-9(14)7-12-8(13)6-10/h1H,3-7,10H2,(H,11,14)(H,12,13). The molecule has 0 aliphatic heterocycles. The van der Waals surface area contributed by atoms with Crippen molar-refractivity contribution < 1.29 is 9.59 Å². The fraction of sp³-hybridized carbons (Fsp3) is 0.556. The Morgan fingerprint density at radius 1 is 1.29 bits per heavy atom. The molecule has 0 radical (unpaired) electrons. The summed E-state index contributed by atoms with van der Waals surface area (Å²) in [4.78, 5) is 21.7. The molecule has 0 aliphatic carbocycles. The van der Waals surface area contributed by atoms with E-state index in [1.807, 2.05) is 0 Å². The van der Waals surface area contributed by atoms with Crippen LogP contribution in [0.3, 0.4) is 0 Å². The van der Waals surface area contributed by atoms with E-state index in [1.165, 1.54) is 0 Å². The predicted molar refractivity (Wildman–Crippen MR) is 53.1 cm³/mol. The minimum Gasteiger partial charge on any atom is -0.355 e. The van der Waals surface area contributed by atoms with E-state index < -0.39 is 0 Å². The van der Waals surface area contributed by atoms with Crippen LogP contribution in [0.1, 0.15) is 12.8 Å². The highest BCUT2D eigenvalue weighted by atomic mass is 16.2. The normalized spacial score (nSPS) is 8.86. The largest absolute Gasteiger partial charge is 0.355 e. The van der Waals surface area contributed by atoms with E-state index in [-0.39, 0.29) is 24.9 Å². The molecule has 0 fully saturated rings. The Morgan fingerprint density at radius 2 is 2.00 bits per heavy atom. The maximum Gasteiger partial charge on any atom is 0.239 e. The van der Waals surface area contributed by atoms with Crippen LogP contribution >= 0.6 is 0 Å². The quantitative estimate of drug-likeness (QED) is 0.361. The Bertz CT molecular complexity index is 233. The van der Waals surface area contributed by atoms with Crippen molar-refractivity contribution in [2.75, 3.05) is 19.6 Å². The van der Waals surface area contributed by atoms with Gasteiger partial charge in [0.1, 0.15) is 0 Å². The fourth-order valence-corrected chi connectivity index (χ4v) is 0.732. The van der Waals surface area contributed by atoms with Crippen molar-refractivity contribution in [2.24, 2.45) is 5.73 Å². The molecule has 0 rings (SSSR count). The third kappa shape index (κ3) is 7.13. The second-order valence-electron chi connectivity index (χ2n) is 2.64. The average molecular weight is 197 g/mol. The molecule has 78 valence electrons. The van der Waals surface area contributed by atoms with Gasteiger partial charge in [-0.25, -0.2) is 0 Å². The average Bonchev–Trinajstić information content (AvgIpc) is 2.21. The summed E-state index contributed by atoms with van der Waals surface area (Å²) in [5, 5.41) is 4.96. The lowest BCUT2D eigenvalue weighted by atomic mass is 10.3. The molecule has 0 heterocycles. The second kappa shape index (κ2) is 8.08. The van der Waals surface area contributed by atoms with Gasteiger partial charge in [-0.15, -0.1) is 12.3 Å². The summed E-state index contributed by atoms with van der Waals surface area (Å²) in [6.45, 7) is 0.387. The third-order valence-corrected chi connectivity index (χ3v) is 1.45. The fourth-order valence-electron chi connectivity index (χ4n) is 0.732. The van der Waals surface area contributed by atoms with Gasteiger partial charge in [-0.05, 0) is 6.42 Å². The highest BCUT2D eigenvalue weighted by molar-refractivity contribution is 5.85. The van der Waals surface area contributed by atoms with Crippen LogP contribution in [0.4, 0.5) is 0 Å². The van der Waals surface area contributed by atoms with Gasteiger partial charge < -0.3 is 16.4 Å². The zero-order valence-corrected chi connectivity index (χ0v) is 8.01. The summed E-state index contributed by atoms with van der Waals surface area (Å²) in [6.07, 6.45) is 6.41. The Balaban J connectivity index is 3.38. The monoisotopic (exact) mass is 197 g/mol. The molecule has 0 aromatic heterocycles. The second-order valence-corrected chi connectivity index (χ2v) is 2.64. The SMILES string of the molecule is C#CCCCNC(=O)CNC(=O)CN. The predicted octanol–water partition coefficient (Wildman–Crippen LogP) is -1.41. The van der Waals surface area contributed by atoms with Gasteiger partial charge >= 0.3 is 0 Å². The van der Waals surface area contributed by atoms with Gasteiger partial charge in [-0.3, -0.25) is 9.59 Å². The Hall–Kier alpha value is -1.54. The van der Waals surface area contributed by atoms with Crippen molar-refractivity contribution in [3.63, 3.8) is 0 Å². The number of nitrogens with one attached hydrogen (secondary N) is 2. The van der Waals surface area contributed by atoms with Crippen molar-refractivity contribution in [2.45, 2.75) is 12.8 Å². The molecule has 0 spiro atoms. The van der Waals surface area contributed by atoms with E-state index in [9.17, 15) is 9.59 Å². The molecule has 0 atom stereocenters. The Labute approximate surface area is 83.4 Å². The molecular formula is C9H15N3O2. The molecule has 0 bridgehead atoms. The minimum absolute atomic E-state index is 0.0356. The van der Waals surface area contributed by atoms with Crippen LogP contribution in [0.15, 0.2) is 0 Å². The lowest BCUT2D eigenvalue weighted by Gasteiger charge is -2.04. The Morgan fingerprint density at radius 3 is 2.57 bits per heavy atom. The number of unbranched alkanes of at least 4 members (excludes halogenated alkanes) is 1. The first-order chi connectivity index (χ1) is 6.70. The number of rotatable bonds is 6. The van der Waals surface area contributed by atoms with Gasteiger partial charge in [0.25, 0.3) is 0 Å². The maximum absolute atomic E-state index is 11.0. The highest BCUT2D eigenvalue weighted by Gasteiger charge is 2.01. The molecule has 0 saturated heterocycles. The van der Waals surface area contributed by atoms with Crippen LogP contribution in [0.25, 0.3) is 0 Å². The first-order valence-corrected chi connectivity index (χ1v) is 4.37. The number of amides is 2. The first kappa shape index (κ1) is 12.5. The summed E-state index contributed by atoms with van der Waals surface area (Å²) in [5.41, 5.74) is 5.03. The summed E-state index contributed by atoms with van der Waals surface area (Å²) >= 11 is 0. The van der Waals surface area contributed by atoms with Crippen molar-refractivity contribution in [3.8, 4) is 12.3 Å². The zero-order valence-electron chi connectivity index (χ0n) is 8.01. The summed E-state index contributed by atoms with van der Waals surface area (Å²) in [5.74, 6) is 1.89. The first-order valence-electron chi connectivity index (χ1n) is 4.37. The van der Waals surface area contributed by atoms with E-state index in [0.29, 0.717) is 13.0 Å². The van der Waals surface area contributed by atoms with Gasteiger partial charge in [-0.2, -0.15) is 0 Å². The molecule has 0 aromatic rings. The van der Waals surface area contributed by atoms with Gasteiger partial charge in [0.2, 0.25) is 11.8 Å². The van der Waals surface area contributed by atoms with Crippen LogP contribution < -0.4 is 16.4 Å².